The summed E-state index contributed by atoms with van der Waals surface area (Å²) in [5, 5.41) is 0. The summed E-state index contributed by atoms with van der Waals surface area (Å²) in [4.78, 5) is 0. The highest BCUT2D eigenvalue weighted by Crippen LogP contribution is 2.18. The fourth-order valence-electron chi connectivity index (χ4n) is 1.36. The second-order valence-corrected chi connectivity index (χ2v) is 6.01. The topological polar surface area (TPSA) is 43.4 Å². The van der Waals surface area contributed by atoms with Crippen LogP contribution < -0.4 is 0 Å². The summed E-state index contributed by atoms with van der Waals surface area (Å²) in [5.41, 5.74) is 0. The van der Waals surface area contributed by atoms with Gasteiger partial charge in [-0.15, -0.1) is 0 Å². The van der Waals surface area contributed by atoms with E-state index in [2.05, 4.69) is 0 Å². The first kappa shape index (κ1) is 10.3. The van der Waals surface area contributed by atoms with E-state index in [4.69, 9.17) is 15.4 Å². The van der Waals surface area contributed by atoms with Crippen molar-refractivity contribution in [3.63, 3.8) is 0 Å². The van der Waals surface area contributed by atoms with E-state index in [1.54, 1.807) is 0 Å². The lowest BCUT2D eigenvalue weighted by molar-refractivity contribution is 0.184. The molecule has 0 amide bonds. The van der Waals surface area contributed by atoms with E-state index in [-0.39, 0.29) is 5.75 Å². The molecule has 0 unspecified atom stereocenters. The van der Waals surface area contributed by atoms with Crippen LogP contribution in [0.1, 0.15) is 19.3 Å². The van der Waals surface area contributed by atoms with Gasteiger partial charge in [0.05, 0.1) is 5.75 Å². The average Bonchev–Trinajstić information content (AvgIpc) is 2.36. The molecule has 1 aliphatic heterocycles. The molecule has 1 aliphatic rings. The zero-order valence-electron chi connectivity index (χ0n) is 6.83. The largest absolute Gasteiger partial charge is 0.381 e. The maximum absolute atomic E-state index is 10.5. The van der Waals surface area contributed by atoms with Gasteiger partial charge >= 0.3 is 0 Å². The minimum atomic E-state index is -3.28. The normalized spacial score (nSPS) is 24.6. The third-order valence-electron chi connectivity index (χ3n) is 2.02. The molecule has 3 nitrogen and oxygen atoms in total. The first-order chi connectivity index (χ1) is 5.58. The van der Waals surface area contributed by atoms with Crippen molar-refractivity contribution in [3.05, 3.63) is 0 Å². The van der Waals surface area contributed by atoms with Crippen LogP contribution in [0.4, 0.5) is 0 Å². The molecule has 1 fully saturated rings. The summed E-state index contributed by atoms with van der Waals surface area (Å²) in [6.07, 6.45) is 2.62. The number of halogens is 1. The molecule has 1 rings (SSSR count). The first-order valence-electron chi connectivity index (χ1n) is 4.08. The fraction of sp³-hybridized carbons (Fsp3) is 1.00. The molecule has 1 heterocycles. The van der Waals surface area contributed by atoms with Crippen LogP contribution in [-0.2, 0) is 13.8 Å². The van der Waals surface area contributed by atoms with Gasteiger partial charge in [-0.3, -0.25) is 0 Å². The van der Waals surface area contributed by atoms with Crippen molar-refractivity contribution in [1.82, 2.24) is 0 Å². The van der Waals surface area contributed by atoms with Gasteiger partial charge in [0.15, 0.2) is 0 Å². The zero-order valence-corrected chi connectivity index (χ0v) is 8.40. The minimum absolute atomic E-state index is 0.0883. The summed E-state index contributed by atoms with van der Waals surface area (Å²) < 4.78 is 26.2. The molecule has 72 valence electrons. The van der Waals surface area contributed by atoms with E-state index in [1.807, 2.05) is 0 Å². The van der Waals surface area contributed by atoms with E-state index in [0.717, 1.165) is 26.1 Å². The Hall–Kier alpha value is 0.200. The fourth-order valence-corrected chi connectivity index (χ4v) is 2.19. The van der Waals surface area contributed by atoms with Crippen LogP contribution in [0.5, 0.6) is 0 Å². The highest BCUT2D eigenvalue weighted by molar-refractivity contribution is 8.13. The molecule has 0 spiro atoms. The lowest BCUT2D eigenvalue weighted by Gasteiger charge is -2.04. The molecule has 0 bridgehead atoms. The minimum Gasteiger partial charge on any atom is -0.381 e. The molecule has 0 aromatic carbocycles. The van der Waals surface area contributed by atoms with E-state index in [9.17, 15) is 8.42 Å². The highest BCUT2D eigenvalue weighted by Gasteiger charge is 2.16. The molecule has 0 N–H and O–H groups in total. The first-order valence-corrected chi connectivity index (χ1v) is 6.56. The maximum Gasteiger partial charge on any atom is 0.232 e. The van der Waals surface area contributed by atoms with E-state index in [1.165, 1.54) is 0 Å². The van der Waals surface area contributed by atoms with Crippen LogP contribution in [-0.4, -0.2) is 27.4 Å². The van der Waals surface area contributed by atoms with Crippen LogP contribution >= 0.6 is 10.7 Å². The molecule has 0 radical (unpaired) electrons. The summed E-state index contributed by atoms with van der Waals surface area (Å²) >= 11 is 0. The number of hydrogen-bond donors (Lipinski definition) is 0. The predicted octanol–water partition coefficient (Wildman–Crippen LogP) is 1.37. The summed E-state index contributed by atoms with van der Waals surface area (Å²) in [7, 11) is 1.78. The van der Waals surface area contributed by atoms with Gasteiger partial charge in [-0.05, 0) is 25.2 Å². The molecule has 1 saturated heterocycles. The molecule has 12 heavy (non-hydrogen) atoms. The van der Waals surface area contributed by atoms with Crippen molar-refractivity contribution >= 4 is 19.7 Å². The van der Waals surface area contributed by atoms with Gasteiger partial charge in [0, 0.05) is 23.9 Å². The van der Waals surface area contributed by atoms with E-state index in [0.29, 0.717) is 12.3 Å². The van der Waals surface area contributed by atoms with Crippen LogP contribution in [0.3, 0.4) is 0 Å². The van der Waals surface area contributed by atoms with Crippen LogP contribution in [0.15, 0.2) is 0 Å². The van der Waals surface area contributed by atoms with Gasteiger partial charge in [0.25, 0.3) is 0 Å². The summed E-state index contributed by atoms with van der Waals surface area (Å²) in [6.45, 7) is 1.60. The van der Waals surface area contributed by atoms with Crippen LogP contribution in [0, 0.1) is 5.92 Å². The summed E-state index contributed by atoms with van der Waals surface area (Å²) in [5.74, 6) is 0.633. The number of ether oxygens (including phenoxy) is 1. The molecule has 0 aliphatic carbocycles. The van der Waals surface area contributed by atoms with Crippen molar-refractivity contribution in [3.8, 4) is 0 Å². The van der Waals surface area contributed by atoms with Crippen molar-refractivity contribution in [2.24, 2.45) is 5.92 Å². The molecular weight excluding hydrogens is 200 g/mol. The standard InChI is InChI=1S/C7H13ClO3S/c8-12(9,10)5-1-2-7-3-4-11-6-7/h7H,1-6H2/t7-/m1/s1. The Morgan fingerprint density at radius 1 is 1.50 bits per heavy atom. The average molecular weight is 213 g/mol. The smallest absolute Gasteiger partial charge is 0.232 e. The molecular formula is C7H13ClO3S. The van der Waals surface area contributed by atoms with Gasteiger partial charge in [-0.25, -0.2) is 8.42 Å². The SMILES string of the molecule is O=S(=O)(Cl)CCC[C@@H]1CCOC1. The Kier molecular flexibility index (Phi) is 3.80. The lowest BCUT2D eigenvalue weighted by atomic mass is 10.0. The van der Waals surface area contributed by atoms with Crippen molar-refractivity contribution in [1.29, 1.82) is 0 Å². The molecule has 5 heteroatoms. The van der Waals surface area contributed by atoms with Crippen LogP contribution in [0.2, 0.25) is 0 Å². The second kappa shape index (κ2) is 4.44. The van der Waals surface area contributed by atoms with Crippen molar-refractivity contribution < 1.29 is 13.2 Å². The third kappa shape index (κ3) is 4.28. The Labute approximate surface area is 77.5 Å². The maximum atomic E-state index is 10.5. The Balaban J connectivity index is 2.09. The Morgan fingerprint density at radius 3 is 2.75 bits per heavy atom. The van der Waals surface area contributed by atoms with Crippen LogP contribution in [0.25, 0.3) is 0 Å². The highest BCUT2D eigenvalue weighted by atomic mass is 35.7. The van der Waals surface area contributed by atoms with Gasteiger partial charge in [-0.2, -0.15) is 0 Å². The quantitative estimate of drug-likeness (QED) is 0.662. The molecule has 0 aromatic rings. The van der Waals surface area contributed by atoms with Crippen molar-refractivity contribution in [2.45, 2.75) is 19.3 Å². The molecule has 0 saturated carbocycles. The second-order valence-electron chi connectivity index (χ2n) is 3.11. The van der Waals surface area contributed by atoms with Gasteiger partial charge in [-0.1, -0.05) is 0 Å². The predicted molar refractivity (Wildman–Crippen MR) is 47.8 cm³/mol. The molecule has 0 aromatic heterocycles. The monoisotopic (exact) mass is 212 g/mol. The number of hydrogen-bond acceptors (Lipinski definition) is 3. The third-order valence-corrected chi connectivity index (χ3v) is 3.26. The van der Waals surface area contributed by atoms with Gasteiger partial charge in [0.2, 0.25) is 9.05 Å². The van der Waals surface area contributed by atoms with Gasteiger partial charge < -0.3 is 4.74 Å². The molecule has 1 atom stereocenters. The van der Waals surface area contributed by atoms with Gasteiger partial charge in [0.1, 0.15) is 0 Å². The lowest BCUT2D eigenvalue weighted by Crippen LogP contribution is -2.03. The Bertz CT molecular complexity index is 219. The van der Waals surface area contributed by atoms with Crippen molar-refractivity contribution in [2.75, 3.05) is 19.0 Å². The Morgan fingerprint density at radius 2 is 2.25 bits per heavy atom. The van der Waals surface area contributed by atoms with E-state index >= 15 is 0 Å². The zero-order chi connectivity index (χ0) is 9.03. The summed E-state index contributed by atoms with van der Waals surface area (Å²) in [6, 6.07) is 0. The number of rotatable bonds is 4. The van der Waals surface area contributed by atoms with E-state index < -0.39 is 9.05 Å².